The quantitative estimate of drug-likeness (QED) is 0.130. The molecule has 51 heavy (non-hydrogen) atoms. The summed E-state index contributed by atoms with van der Waals surface area (Å²) in [7, 11) is 0. The number of alkyl carbamates (subject to hydrolysis) is 1. The van der Waals surface area contributed by atoms with Gasteiger partial charge in [-0.15, -0.1) is 0 Å². The summed E-state index contributed by atoms with van der Waals surface area (Å²) in [6.07, 6.45) is 2.78. The standard InChI is InChI=1S/C42H36N4O5/c47-39(48)25-43-40(49)38(45-41(50)51-27-37-35-22-12-10-20-33(35)34-21-11-13-23-36(34)37)24-32-26-46(28-44-32)42(29-14-4-1-5-15-29,30-16-6-2-7-17-30)31-18-8-3-9-19-31/h1-23,26,28,37-38H,24-25,27H2,(H,43,49)(H,45,50)(H,47,48)/t38-/m0/s1. The molecule has 0 aliphatic heterocycles. The van der Waals surface area contributed by atoms with Crippen LogP contribution in [0.1, 0.15) is 39.4 Å². The molecule has 9 heteroatoms. The molecule has 1 atom stereocenters. The lowest BCUT2D eigenvalue weighted by Gasteiger charge is -2.37. The number of benzene rings is 5. The van der Waals surface area contributed by atoms with Gasteiger partial charge in [0.1, 0.15) is 24.7 Å². The van der Waals surface area contributed by atoms with Crippen LogP contribution in [0.15, 0.2) is 152 Å². The number of hydrogen-bond acceptors (Lipinski definition) is 5. The van der Waals surface area contributed by atoms with Gasteiger partial charge in [0.25, 0.3) is 0 Å². The van der Waals surface area contributed by atoms with Crippen LogP contribution < -0.4 is 10.6 Å². The molecule has 0 radical (unpaired) electrons. The highest BCUT2D eigenvalue weighted by Gasteiger charge is 2.39. The van der Waals surface area contributed by atoms with Crippen molar-refractivity contribution in [2.45, 2.75) is 23.9 Å². The Hall–Kier alpha value is -6.48. The first kappa shape index (κ1) is 33.0. The molecule has 1 aromatic heterocycles. The van der Waals surface area contributed by atoms with Crippen LogP contribution in [0, 0.1) is 0 Å². The summed E-state index contributed by atoms with van der Waals surface area (Å²) < 4.78 is 7.76. The summed E-state index contributed by atoms with van der Waals surface area (Å²) in [6, 6.07) is 45.2. The summed E-state index contributed by atoms with van der Waals surface area (Å²) in [5, 5.41) is 14.3. The van der Waals surface area contributed by atoms with Gasteiger partial charge in [0.2, 0.25) is 5.91 Å². The van der Waals surface area contributed by atoms with Crippen molar-refractivity contribution < 1.29 is 24.2 Å². The lowest BCUT2D eigenvalue weighted by molar-refractivity contribution is -0.138. The van der Waals surface area contributed by atoms with E-state index >= 15 is 0 Å². The number of carboxylic acids is 1. The van der Waals surface area contributed by atoms with Gasteiger partial charge in [0.05, 0.1) is 12.0 Å². The summed E-state index contributed by atoms with van der Waals surface area (Å²) in [4.78, 5) is 42.7. The van der Waals surface area contributed by atoms with Gasteiger partial charge < -0.3 is 25.0 Å². The second-order valence-corrected chi connectivity index (χ2v) is 12.4. The summed E-state index contributed by atoms with van der Waals surface area (Å²) in [5.74, 6) is -2.04. The minimum absolute atomic E-state index is 0.0168. The third-order valence-corrected chi connectivity index (χ3v) is 9.38. The lowest BCUT2D eigenvalue weighted by atomic mass is 9.77. The van der Waals surface area contributed by atoms with Crippen molar-refractivity contribution in [3.05, 3.63) is 186 Å². The van der Waals surface area contributed by atoms with Crippen LogP contribution in [0.25, 0.3) is 11.1 Å². The lowest BCUT2D eigenvalue weighted by Crippen LogP contribution is -2.49. The molecule has 0 saturated heterocycles. The number of aromatic nitrogens is 2. The predicted octanol–water partition coefficient (Wildman–Crippen LogP) is 6.37. The topological polar surface area (TPSA) is 123 Å². The van der Waals surface area contributed by atoms with E-state index in [1.165, 1.54) is 0 Å². The number of aliphatic carboxylic acids is 1. The second kappa shape index (κ2) is 14.6. The smallest absolute Gasteiger partial charge is 0.407 e. The molecular weight excluding hydrogens is 640 g/mol. The fraction of sp³-hybridized carbons (Fsp3) is 0.143. The maximum Gasteiger partial charge on any atom is 0.407 e. The monoisotopic (exact) mass is 676 g/mol. The number of ether oxygens (including phenoxy) is 1. The molecule has 254 valence electrons. The molecule has 3 N–H and O–H groups in total. The van der Waals surface area contributed by atoms with Crippen molar-refractivity contribution in [1.29, 1.82) is 0 Å². The second-order valence-electron chi connectivity index (χ2n) is 12.4. The number of nitrogens with one attached hydrogen (secondary N) is 2. The van der Waals surface area contributed by atoms with E-state index in [0.29, 0.717) is 5.69 Å². The summed E-state index contributed by atoms with van der Waals surface area (Å²) in [5.41, 5.74) is 7.00. The number of fused-ring (bicyclic) bond motifs is 3. The zero-order valence-corrected chi connectivity index (χ0v) is 27.7. The Kier molecular flexibility index (Phi) is 9.43. The number of carbonyl (C=O) groups is 3. The van der Waals surface area contributed by atoms with Crippen molar-refractivity contribution in [3.63, 3.8) is 0 Å². The maximum absolute atomic E-state index is 13.4. The van der Waals surface area contributed by atoms with Gasteiger partial charge in [-0.05, 0) is 38.9 Å². The van der Waals surface area contributed by atoms with Crippen LogP contribution in [0.3, 0.4) is 0 Å². The highest BCUT2D eigenvalue weighted by Crippen LogP contribution is 2.44. The minimum Gasteiger partial charge on any atom is -0.480 e. The van der Waals surface area contributed by atoms with E-state index in [4.69, 9.17) is 9.72 Å². The van der Waals surface area contributed by atoms with Gasteiger partial charge in [-0.3, -0.25) is 9.59 Å². The largest absolute Gasteiger partial charge is 0.480 e. The normalized spacial score (nSPS) is 12.7. The number of amides is 2. The molecule has 0 fully saturated rings. The van der Waals surface area contributed by atoms with Crippen molar-refractivity contribution in [3.8, 4) is 11.1 Å². The minimum atomic E-state index is -1.20. The molecule has 6 aromatic rings. The van der Waals surface area contributed by atoms with Crippen LogP contribution in [0.5, 0.6) is 0 Å². The molecule has 7 rings (SSSR count). The number of carboxylic acid groups (broad SMARTS) is 1. The first-order valence-electron chi connectivity index (χ1n) is 16.8. The van der Waals surface area contributed by atoms with Crippen molar-refractivity contribution in [2.24, 2.45) is 0 Å². The predicted molar refractivity (Wildman–Crippen MR) is 193 cm³/mol. The molecule has 1 aliphatic carbocycles. The highest BCUT2D eigenvalue weighted by molar-refractivity contribution is 5.88. The fourth-order valence-electron chi connectivity index (χ4n) is 7.12. The molecule has 2 amide bonds. The van der Waals surface area contributed by atoms with E-state index in [1.807, 2.05) is 102 Å². The van der Waals surface area contributed by atoms with Crippen LogP contribution in [-0.2, 0) is 26.3 Å². The third kappa shape index (κ3) is 6.61. The molecule has 9 nitrogen and oxygen atoms in total. The first-order chi connectivity index (χ1) is 24.9. The number of rotatable bonds is 12. The van der Waals surface area contributed by atoms with Crippen molar-refractivity contribution in [1.82, 2.24) is 20.2 Å². The van der Waals surface area contributed by atoms with Crippen molar-refractivity contribution >= 4 is 18.0 Å². The van der Waals surface area contributed by atoms with E-state index in [9.17, 15) is 19.5 Å². The number of carbonyl (C=O) groups excluding carboxylic acids is 2. The van der Waals surface area contributed by atoms with E-state index in [-0.39, 0.29) is 18.9 Å². The molecule has 0 unspecified atom stereocenters. The summed E-state index contributed by atoms with van der Waals surface area (Å²) in [6.45, 7) is -0.541. The fourth-order valence-corrected chi connectivity index (χ4v) is 7.12. The molecule has 1 aliphatic rings. The Balaban J connectivity index is 1.17. The highest BCUT2D eigenvalue weighted by atomic mass is 16.5. The average molecular weight is 677 g/mol. The first-order valence-corrected chi connectivity index (χ1v) is 16.8. The molecular formula is C42H36N4O5. The Morgan fingerprint density at radius 3 is 1.73 bits per heavy atom. The Morgan fingerprint density at radius 2 is 1.22 bits per heavy atom. The van der Waals surface area contributed by atoms with Gasteiger partial charge in [-0.1, -0.05) is 140 Å². The zero-order valence-electron chi connectivity index (χ0n) is 27.7. The van der Waals surface area contributed by atoms with Crippen LogP contribution in [-0.4, -0.2) is 51.8 Å². The molecule has 0 bridgehead atoms. The number of hydrogen-bond donors (Lipinski definition) is 3. The maximum atomic E-state index is 13.4. The van der Waals surface area contributed by atoms with Crippen LogP contribution >= 0.6 is 0 Å². The zero-order chi connectivity index (χ0) is 35.2. The van der Waals surface area contributed by atoms with Crippen LogP contribution in [0.2, 0.25) is 0 Å². The molecule has 5 aromatic carbocycles. The Labute approximate surface area is 295 Å². The summed E-state index contributed by atoms with van der Waals surface area (Å²) >= 11 is 0. The van der Waals surface area contributed by atoms with Crippen molar-refractivity contribution in [2.75, 3.05) is 13.2 Å². The molecule has 1 heterocycles. The number of nitrogens with zero attached hydrogens (tertiary/aromatic N) is 2. The van der Waals surface area contributed by atoms with Gasteiger partial charge in [-0.2, -0.15) is 0 Å². The average Bonchev–Trinajstić information content (AvgIpc) is 3.77. The van der Waals surface area contributed by atoms with Gasteiger partial charge >= 0.3 is 12.1 Å². The van der Waals surface area contributed by atoms with Gasteiger partial charge in [-0.25, -0.2) is 9.78 Å². The third-order valence-electron chi connectivity index (χ3n) is 9.38. The Morgan fingerprint density at radius 1 is 0.725 bits per heavy atom. The van der Waals surface area contributed by atoms with Gasteiger partial charge in [0, 0.05) is 18.5 Å². The van der Waals surface area contributed by atoms with E-state index in [2.05, 4.69) is 59.2 Å². The van der Waals surface area contributed by atoms with Crippen LogP contribution in [0.4, 0.5) is 4.79 Å². The molecule has 0 spiro atoms. The number of imidazole rings is 1. The van der Waals surface area contributed by atoms with E-state index in [1.54, 1.807) is 6.33 Å². The SMILES string of the molecule is O=C(O)CNC(=O)[C@H](Cc1cn(C(c2ccccc2)(c2ccccc2)c2ccccc2)cn1)NC(=O)OCC1c2ccccc2-c2ccccc21. The van der Waals surface area contributed by atoms with E-state index < -0.39 is 36.1 Å². The van der Waals surface area contributed by atoms with Gasteiger partial charge in [0.15, 0.2) is 0 Å². The van der Waals surface area contributed by atoms with E-state index in [0.717, 1.165) is 38.9 Å². The molecule has 0 saturated carbocycles. The Bertz CT molecular complexity index is 2010.